The van der Waals surface area contributed by atoms with Crippen LogP contribution < -0.4 is 0 Å². The predicted molar refractivity (Wildman–Crippen MR) is 44.5 cm³/mol. The molecule has 0 aromatic heterocycles. The molecule has 0 aromatic carbocycles. The van der Waals surface area contributed by atoms with E-state index in [0.717, 1.165) is 19.3 Å². The number of hydrogen-bond acceptors (Lipinski definition) is 2. The molecule has 0 bridgehead atoms. The zero-order valence-corrected chi connectivity index (χ0v) is 7.68. The van der Waals surface area contributed by atoms with Crippen LogP contribution in [0.15, 0.2) is 0 Å². The first-order chi connectivity index (χ1) is 4.97. The molecule has 1 fully saturated rings. The Balaban J connectivity index is 2.59. The largest absolute Gasteiger partial charge is 0.390 e. The van der Waals surface area contributed by atoms with Crippen LogP contribution in [0.3, 0.4) is 0 Å². The van der Waals surface area contributed by atoms with Gasteiger partial charge in [-0.15, -0.1) is 0 Å². The number of aliphatic hydroxyl groups is 1. The van der Waals surface area contributed by atoms with E-state index in [9.17, 15) is 5.11 Å². The van der Waals surface area contributed by atoms with Gasteiger partial charge in [0.2, 0.25) is 0 Å². The number of ether oxygens (including phenoxy) is 1. The maximum atomic E-state index is 9.94. The molecule has 1 rings (SSSR count). The van der Waals surface area contributed by atoms with E-state index < -0.39 is 5.60 Å². The van der Waals surface area contributed by atoms with Crippen molar-refractivity contribution in [2.45, 2.75) is 51.2 Å². The van der Waals surface area contributed by atoms with Crippen LogP contribution in [0.1, 0.15) is 40.0 Å². The van der Waals surface area contributed by atoms with Gasteiger partial charge >= 0.3 is 0 Å². The summed E-state index contributed by atoms with van der Waals surface area (Å²) in [6.07, 6.45) is 2.38. The van der Waals surface area contributed by atoms with Crippen molar-refractivity contribution in [2.75, 3.05) is 6.61 Å². The summed E-state index contributed by atoms with van der Waals surface area (Å²) in [6, 6.07) is 0. The first-order valence-corrected chi connectivity index (χ1v) is 4.34. The zero-order chi connectivity index (χ0) is 8.54. The van der Waals surface area contributed by atoms with Crippen LogP contribution in [-0.2, 0) is 4.74 Å². The molecule has 0 radical (unpaired) electrons. The molecule has 2 heteroatoms. The van der Waals surface area contributed by atoms with Gasteiger partial charge in [0, 0.05) is 6.42 Å². The van der Waals surface area contributed by atoms with Crippen molar-refractivity contribution in [1.82, 2.24) is 0 Å². The van der Waals surface area contributed by atoms with Crippen molar-refractivity contribution < 1.29 is 9.84 Å². The van der Waals surface area contributed by atoms with Crippen molar-refractivity contribution in [3.8, 4) is 0 Å². The Kier molecular flexibility index (Phi) is 2.26. The minimum absolute atomic E-state index is 0.136. The molecule has 0 spiro atoms. The molecular formula is C9H18O2. The van der Waals surface area contributed by atoms with Gasteiger partial charge in [0.15, 0.2) is 0 Å². The van der Waals surface area contributed by atoms with E-state index in [2.05, 4.69) is 0 Å². The first kappa shape index (κ1) is 9.01. The molecule has 0 aromatic rings. The molecule has 66 valence electrons. The third kappa shape index (κ3) is 2.17. The Bertz CT molecular complexity index is 142. The lowest BCUT2D eigenvalue weighted by atomic mass is 9.83. The van der Waals surface area contributed by atoms with Gasteiger partial charge in [-0.05, 0) is 26.7 Å². The summed E-state index contributed by atoms with van der Waals surface area (Å²) >= 11 is 0. The maximum Gasteiger partial charge on any atom is 0.0694 e. The molecule has 0 amide bonds. The van der Waals surface area contributed by atoms with E-state index in [-0.39, 0.29) is 5.60 Å². The van der Waals surface area contributed by atoms with Gasteiger partial charge < -0.3 is 9.84 Å². The minimum atomic E-state index is -0.470. The van der Waals surface area contributed by atoms with Gasteiger partial charge in [-0.2, -0.15) is 0 Å². The highest BCUT2D eigenvalue weighted by molar-refractivity contribution is 4.89. The van der Waals surface area contributed by atoms with E-state index in [0.29, 0.717) is 6.61 Å². The number of hydrogen-bond donors (Lipinski definition) is 1. The highest BCUT2D eigenvalue weighted by atomic mass is 16.5. The van der Waals surface area contributed by atoms with Gasteiger partial charge in [0.25, 0.3) is 0 Å². The topological polar surface area (TPSA) is 29.5 Å². The quantitative estimate of drug-likeness (QED) is 0.629. The summed E-state index contributed by atoms with van der Waals surface area (Å²) in [4.78, 5) is 0. The second kappa shape index (κ2) is 2.76. The van der Waals surface area contributed by atoms with Crippen LogP contribution in [-0.4, -0.2) is 22.9 Å². The van der Waals surface area contributed by atoms with E-state index in [4.69, 9.17) is 4.74 Å². The van der Waals surface area contributed by atoms with Crippen molar-refractivity contribution >= 4 is 0 Å². The lowest BCUT2D eigenvalue weighted by Gasteiger charge is -2.41. The third-order valence-electron chi connectivity index (χ3n) is 2.47. The Labute approximate surface area is 68.6 Å². The molecule has 0 aliphatic carbocycles. The second-order valence-electron chi connectivity index (χ2n) is 4.11. The van der Waals surface area contributed by atoms with E-state index in [1.807, 2.05) is 20.8 Å². The van der Waals surface area contributed by atoms with Crippen molar-refractivity contribution in [1.29, 1.82) is 0 Å². The molecule has 1 aliphatic rings. The first-order valence-electron chi connectivity index (χ1n) is 4.34. The number of rotatable bonds is 1. The van der Waals surface area contributed by atoms with Gasteiger partial charge in [0.05, 0.1) is 17.8 Å². The second-order valence-corrected chi connectivity index (χ2v) is 4.11. The standard InChI is InChI=1S/C9H18O2/c1-4-9(10)5-6-11-8(2,3)7-9/h10H,4-7H2,1-3H3/t9-/m1/s1. The van der Waals surface area contributed by atoms with Crippen LogP contribution in [0, 0.1) is 0 Å². The molecule has 1 heterocycles. The smallest absolute Gasteiger partial charge is 0.0694 e. The third-order valence-corrected chi connectivity index (χ3v) is 2.47. The average Bonchev–Trinajstić information content (AvgIpc) is 1.85. The summed E-state index contributed by atoms with van der Waals surface area (Å²) in [5.41, 5.74) is -0.606. The molecule has 1 atom stereocenters. The Morgan fingerprint density at radius 3 is 2.45 bits per heavy atom. The van der Waals surface area contributed by atoms with E-state index in [1.54, 1.807) is 0 Å². The van der Waals surface area contributed by atoms with Crippen molar-refractivity contribution in [2.24, 2.45) is 0 Å². The normalized spacial score (nSPS) is 37.1. The summed E-state index contributed by atoms with van der Waals surface area (Å²) in [7, 11) is 0. The summed E-state index contributed by atoms with van der Waals surface area (Å²) < 4.78 is 5.50. The lowest BCUT2D eigenvalue weighted by Crippen LogP contribution is -2.45. The van der Waals surface area contributed by atoms with Gasteiger partial charge in [-0.25, -0.2) is 0 Å². The van der Waals surface area contributed by atoms with Crippen molar-refractivity contribution in [3.63, 3.8) is 0 Å². The SMILES string of the molecule is CC[C@@]1(O)CCOC(C)(C)C1. The Morgan fingerprint density at radius 1 is 1.45 bits per heavy atom. The summed E-state index contributed by atoms with van der Waals surface area (Å²) in [5.74, 6) is 0. The minimum Gasteiger partial charge on any atom is -0.390 e. The Hall–Kier alpha value is -0.0800. The van der Waals surface area contributed by atoms with Gasteiger partial charge in [0.1, 0.15) is 0 Å². The molecule has 11 heavy (non-hydrogen) atoms. The molecule has 0 unspecified atom stereocenters. The van der Waals surface area contributed by atoms with Crippen LogP contribution in [0.5, 0.6) is 0 Å². The highest BCUT2D eigenvalue weighted by Gasteiger charge is 2.37. The zero-order valence-electron chi connectivity index (χ0n) is 7.68. The molecule has 1 aliphatic heterocycles. The predicted octanol–water partition coefficient (Wildman–Crippen LogP) is 1.72. The van der Waals surface area contributed by atoms with Crippen LogP contribution >= 0.6 is 0 Å². The van der Waals surface area contributed by atoms with Crippen molar-refractivity contribution in [3.05, 3.63) is 0 Å². The summed E-state index contributed by atoms with van der Waals surface area (Å²) in [5, 5.41) is 9.94. The monoisotopic (exact) mass is 158 g/mol. The lowest BCUT2D eigenvalue weighted by molar-refractivity contribution is -0.144. The molecule has 1 N–H and O–H groups in total. The fourth-order valence-electron chi connectivity index (χ4n) is 1.75. The fourth-order valence-corrected chi connectivity index (χ4v) is 1.75. The van der Waals surface area contributed by atoms with Crippen LogP contribution in [0.25, 0.3) is 0 Å². The van der Waals surface area contributed by atoms with Crippen LogP contribution in [0.2, 0.25) is 0 Å². The van der Waals surface area contributed by atoms with E-state index in [1.165, 1.54) is 0 Å². The molecule has 0 saturated carbocycles. The maximum absolute atomic E-state index is 9.94. The average molecular weight is 158 g/mol. The van der Waals surface area contributed by atoms with Gasteiger partial charge in [-0.3, -0.25) is 0 Å². The molecular weight excluding hydrogens is 140 g/mol. The van der Waals surface area contributed by atoms with Gasteiger partial charge in [-0.1, -0.05) is 6.92 Å². The Morgan fingerprint density at radius 2 is 2.09 bits per heavy atom. The molecule has 1 saturated heterocycles. The highest BCUT2D eigenvalue weighted by Crippen LogP contribution is 2.33. The van der Waals surface area contributed by atoms with E-state index >= 15 is 0 Å². The summed E-state index contributed by atoms with van der Waals surface area (Å²) in [6.45, 7) is 6.79. The van der Waals surface area contributed by atoms with Crippen LogP contribution in [0.4, 0.5) is 0 Å². The fraction of sp³-hybridized carbons (Fsp3) is 1.00. The molecule has 2 nitrogen and oxygen atoms in total.